The maximum absolute atomic E-state index is 13.3. The number of hydrogen-bond acceptors (Lipinski definition) is 6. The van der Waals surface area contributed by atoms with E-state index < -0.39 is 17.7 Å². The average Bonchev–Trinajstić information content (AvgIpc) is 3.18. The van der Waals surface area contributed by atoms with Crippen LogP contribution in [-0.2, 0) is 19.1 Å². The lowest BCUT2D eigenvalue weighted by Gasteiger charge is -2.49. The van der Waals surface area contributed by atoms with Crippen molar-refractivity contribution in [3.05, 3.63) is 22.4 Å². The van der Waals surface area contributed by atoms with Crippen LogP contribution in [0.5, 0.6) is 0 Å². The van der Waals surface area contributed by atoms with Crippen molar-refractivity contribution in [3.63, 3.8) is 0 Å². The summed E-state index contributed by atoms with van der Waals surface area (Å²) in [4.78, 5) is 28.3. The van der Waals surface area contributed by atoms with Crippen LogP contribution in [0.1, 0.15) is 37.1 Å². The lowest BCUT2D eigenvalue weighted by atomic mass is 9.80. The Morgan fingerprint density at radius 2 is 2.19 bits per heavy atom. The van der Waals surface area contributed by atoms with Crippen LogP contribution < -0.4 is 5.32 Å². The molecular formula is C19H28N2O5S. The number of carbonyl (C=O) groups excluding carboxylic acids is 2. The van der Waals surface area contributed by atoms with Crippen LogP contribution in [0.15, 0.2) is 17.5 Å². The van der Waals surface area contributed by atoms with Crippen molar-refractivity contribution >= 4 is 23.2 Å². The molecular weight excluding hydrogens is 368 g/mol. The quantitative estimate of drug-likeness (QED) is 0.784. The summed E-state index contributed by atoms with van der Waals surface area (Å²) in [5, 5.41) is 15.9. The Bertz CT molecular complexity index is 643. The highest BCUT2D eigenvalue weighted by Gasteiger charge is 2.49. The van der Waals surface area contributed by atoms with Gasteiger partial charge in [0.05, 0.1) is 17.7 Å². The van der Waals surface area contributed by atoms with Crippen molar-refractivity contribution < 1.29 is 24.2 Å². The van der Waals surface area contributed by atoms with Crippen LogP contribution in [0.3, 0.4) is 0 Å². The predicted octanol–water partition coefficient (Wildman–Crippen LogP) is 1.33. The molecule has 2 amide bonds. The van der Waals surface area contributed by atoms with Gasteiger partial charge in [-0.05, 0) is 37.6 Å². The minimum Gasteiger partial charge on any atom is -0.388 e. The number of thiophene rings is 1. The molecule has 2 aliphatic rings. The topological polar surface area (TPSA) is 88.1 Å². The molecule has 3 atom stereocenters. The van der Waals surface area contributed by atoms with Gasteiger partial charge in [0.15, 0.2) is 0 Å². The van der Waals surface area contributed by atoms with E-state index in [1.165, 1.54) is 18.4 Å². The van der Waals surface area contributed by atoms with Crippen molar-refractivity contribution in [1.82, 2.24) is 10.2 Å². The first kappa shape index (κ1) is 20.3. The van der Waals surface area contributed by atoms with Crippen LogP contribution in [-0.4, -0.2) is 66.9 Å². The summed E-state index contributed by atoms with van der Waals surface area (Å²) < 4.78 is 10.3. The van der Waals surface area contributed by atoms with Gasteiger partial charge in [0.2, 0.25) is 11.8 Å². The molecule has 2 N–H and O–H groups in total. The van der Waals surface area contributed by atoms with Gasteiger partial charge in [0, 0.05) is 37.7 Å². The molecule has 7 nitrogen and oxygen atoms in total. The summed E-state index contributed by atoms with van der Waals surface area (Å²) in [6, 6.07) is 2.88. The Morgan fingerprint density at radius 3 is 2.81 bits per heavy atom. The number of amides is 2. The molecule has 2 saturated heterocycles. The molecule has 0 radical (unpaired) electrons. The Kier molecular flexibility index (Phi) is 6.52. The number of aliphatic hydroxyl groups is 1. The number of nitrogens with zero attached hydrogens (tertiary/aromatic N) is 1. The largest absolute Gasteiger partial charge is 0.388 e. The van der Waals surface area contributed by atoms with Crippen LogP contribution in [0.4, 0.5) is 0 Å². The third-order valence-electron chi connectivity index (χ3n) is 5.46. The second-order valence-electron chi connectivity index (χ2n) is 7.46. The first-order valence-corrected chi connectivity index (χ1v) is 10.2. The van der Waals surface area contributed by atoms with Crippen molar-refractivity contribution in [1.29, 1.82) is 0 Å². The zero-order valence-electron chi connectivity index (χ0n) is 15.8. The van der Waals surface area contributed by atoms with Crippen molar-refractivity contribution in [2.24, 2.45) is 5.92 Å². The number of piperidine rings is 1. The summed E-state index contributed by atoms with van der Waals surface area (Å²) in [5.74, 6) is -0.289. The number of hydrogen-bond donors (Lipinski definition) is 2. The summed E-state index contributed by atoms with van der Waals surface area (Å²) in [6.45, 7) is 3.29. The van der Waals surface area contributed by atoms with Crippen molar-refractivity contribution in [3.8, 4) is 0 Å². The monoisotopic (exact) mass is 396 g/mol. The fraction of sp³-hybridized carbons (Fsp3) is 0.684. The van der Waals surface area contributed by atoms with Gasteiger partial charge < -0.3 is 24.8 Å². The second-order valence-corrected chi connectivity index (χ2v) is 8.44. The number of likely N-dealkylation sites (tertiary alicyclic amines) is 1. The van der Waals surface area contributed by atoms with Crippen LogP contribution >= 0.6 is 11.3 Å². The zero-order chi connectivity index (χ0) is 19.4. The zero-order valence-corrected chi connectivity index (χ0v) is 16.7. The van der Waals surface area contributed by atoms with Gasteiger partial charge in [0.25, 0.3) is 0 Å². The summed E-state index contributed by atoms with van der Waals surface area (Å²) in [7, 11) is 1.45. The van der Waals surface area contributed by atoms with Gasteiger partial charge in [-0.25, -0.2) is 0 Å². The van der Waals surface area contributed by atoms with E-state index in [-0.39, 0.29) is 24.3 Å². The molecule has 0 aliphatic carbocycles. The lowest BCUT2D eigenvalue weighted by molar-refractivity contribution is -0.152. The smallest absolute Gasteiger partial charge is 0.246 e. The fourth-order valence-corrected chi connectivity index (χ4v) is 4.82. The van der Waals surface area contributed by atoms with Crippen LogP contribution in [0.2, 0.25) is 0 Å². The Morgan fingerprint density at radius 1 is 1.44 bits per heavy atom. The maximum Gasteiger partial charge on any atom is 0.246 e. The van der Waals surface area contributed by atoms with E-state index in [0.717, 1.165) is 4.88 Å². The molecule has 0 spiro atoms. The molecule has 1 aromatic heterocycles. The van der Waals surface area contributed by atoms with Gasteiger partial charge >= 0.3 is 0 Å². The first-order valence-electron chi connectivity index (χ1n) is 9.36. The van der Waals surface area contributed by atoms with E-state index in [9.17, 15) is 14.7 Å². The molecule has 0 aromatic carbocycles. The molecule has 0 saturated carbocycles. The number of carbonyl (C=O) groups is 2. The molecule has 0 bridgehead atoms. The Hall–Kier alpha value is -1.48. The number of ether oxygens (including phenoxy) is 2. The molecule has 2 fully saturated rings. The minimum atomic E-state index is -1.12. The fourth-order valence-electron chi connectivity index (χ4n) is 3.95. The highest BCUT2D eigenvalue weighted by Crippen LogP contribution is 2.40. The Balaban J connectivity index is 1.90. The molecule has 1 aromatic rings. The average molecular weight is 397 g/mol. The van der Waals surface area contributed by atoms with E-state index in [4.69, 9.17) is 9.47 Å². The molecule has 27 heavy (non-hydrogen) atoms. The van der Waals surface area contributed by atoms with Gasteiger partial charge in [0.1, 0.15) is 6.61 Å². The number of rotatable bonds is 5. The third-order valence-corrected chi connectivity index (χ3v) is 6.40. The maximum atomic E-state index is 13.3. The Labute approximate surface area is 163 Å². The van der Waals surface area contributed by atoms with Gasteiger partial charge in [-0.3, -0.25) is 9.59 Å². The van der Waals surface area contributed by atoms with E-state index in [0.29, 0.717) is 39.0 Å². The minimum absolute atomic E-state index is 0.0698. The number of methoxy groups -OCH3 is 1. The summed E-state index contributed by atoms with van der Waals surface area (Å²) in [6.07, 6.45) is 1.83. The number of nitrogens with one attached hydrogen (secondary N) is 1. The summed E-state index contributed by atoms with van der Waals surface area (Å²) in [5.41, 5.74) is -1.12. The SMILES string of the molecule is COCC(=O)NC1C(c2cccs2)N(C(=O)C2CCOCC2)CCC1(C)O. The lowest BCUT2D eigenvalue weighted by Crippen LogP contribution is -2.64. The normalized spacial score (nSPS) is 29.5. The third kappa shape index (κ3) is 4.51. The highest BCUT2D eigenvalue weighted by molar-refractivity contribution is 7.10. The van der Waals surface area contributed by atoms with Crippen molar-refractivity contribution in [2.45, 2.75) is 43.9 Å². The standard InChI is InChI=1S/C19H28N2O5S/c1-19(24)7-8-21(18(23)13-5-9-26-10-6-13)16(14-4-3-11-27-14)17(19)20-15(22)12-25-2/h3-4,11,13,16-17,24H,5-10,12H2,1-2H3,(H,20,22). The first-order chi connectivity index (χ1) is 12.9. The van der Waals surface area contributed by atoms with Crippen LogP contribution in [0, 0.1) is 5.92 Å². The predicted molar refractivity (Wildman–Crippen MR) is 101 cm³/mol. The van der Waals surface area contributed by atoms with Gasteiger partial charge in [-0.1, -0.05) is 6.07 Å². The molecule has 3 rings (SSSR count). The van der Waals surface area contributed by atoms with Crippen molar-refractivity contribution in [2.75, 3.05) is 33.5 Å². The van der Waals surface area contributed by atoms with E-state index in [1.807, 2.05) is 22.4 Å². The summed E-state index contributed by atoms with van der Waals surface area (Å²) >= 11 is 1.53. The van der Waals surface area contributed by atoms with E-state index >= 15 is 0 Å². The molecule has 3 heterocycles. The van der Waals surface area contributed by atoms with E-state index in [2.05, 4.69) is 5.32 Å². The second kappa shape index (κ2) is 8.68. The molecule has 8 heteroatoms. The molecule has 3 unspecified atom stereocenters. The van der Waals surface area contributed by atoms with Crippen LogP contribution in [0.25, 0.3) is 0 Å². The van der Waals surface area contributed by atoms with Gasteiger partial charge in [-0.2, -0.15) is 0 Å². The van der Waals surface area contributed by atoms with Gasteiger partial charge in [-0.15, -0.1) is 11.3 Å². The molecule has 2 aliphatic heterocycles. The highest BCUT2D eigenvalue weighted by atomic mass is 32.1. The van der Waals surface area contributed by atoms with E-state index in [1.54, 1.807) is 6.92 Å². The molecule has 150 valence electrons.